The molecule has 17 heavy (non-hydrogen) atoms. The summed E-state index contributed by atoms with van der Waals surface area (Å²) in [6, 6.07) is 0. The molecule has 0 aliphatic rings. The molecule has 1 atom stereocenters. The van der Waals surface area contributed by atoms with Crippen LogP contribution >= 0.6 is 0 Å². The SMILES string of the molecule is CCC(CNC(=O)c1cn[nH]c1C)CC(=O)O. The Morgan fingerprint density at radius 3 is 2.76 bits per heavy atom. The zero-order valence-corrected chi connectivity index (χ0v) is 9.99. The molecule has 1 aromatic heterocycles. The van der Waals surface area contributed by atoms with Crippen molar-refractivity contribution < 1.29 is 14.7 Å². The summed E-state index contributed by atoms with van der Waals surface area (Å²) in [6.45, 7) is 4.03. The lowest BCUT2D eigenvalue weighted by atomic mass is 10.0. The molecule has 6 nitrogen and oxygen atoms in total. The number of carbonyl (C=O) groups is 2. The first kappa shape index (κ1) is 13.2. The van der Waals surface area contributed by atoms with E-state index in [2.05, 4.69) is 15.5 Å². The van der Waals surface area contributed by atoms with Gasteiger partial charge in [-0.2, -0.15) is 5.10 Å². The molecule has 0 aromatic carbocycles. The summed E-state index contributed by atoms with van der Waals surface area (Å²) in [7, 11) is 0. The molecule has 0 radical (unpaired) electrons. The summed E-state index contributed by atoms with van der Waals surface area (Å²) in [4.78, 5) is 22.3. The van der Waals surface area contributed by atoms with Gasteiger partial charge in [0.1, 0.15) is 0 Å². The van der Waals surface area contributed by atoms with Crippen LogP contribution in [0.15, 0.2) is 6.20 Å². The molecular formula is C11H17N3O3. The Morgan fingerprint density at radius 2 is 2.29 bits per heavy atom. The van der Waals surface area contributed by atoms with E-state index in [-0.39, 0.29) is 18.2 Å². The van der Waals surface area contributed by atoms with E-state index >= 15 is 0 Å². The highest BCUT2D eigenvalue weighted by atomic mass is 16.4. The molecule has 0 aliphatic carbocycles. The minimum Gasteiger partial charge on any atom is -0.481 e. The first-order valence-electron chi connectivity index (χ1n) is 5.54. The van der Waals surface area contributed by atoms with Gasteiger partial charge in [0.25, 0.3) is 5.91 Å². The predicted octanol–water partition coefficient (Wildman–Crippen LogP) is 0.949. The van der Waals surface area contributed by atoms with Crippen LogP contribution < -0.4 is 5.32 Å². The fraction of sp³-hybridized carbons (Fsp3) is 0.545. The van der Waals surface area contributed by atoms with Gasteiger partial charge in [-0.3, -0.25) is 14.7 Å². The number of carboxylic acids is 1. The van der Waals surface area contributed by atoms with Gasteiger partial charge < -0.3 is 10.4 Å². The topological polar surface area (TPSA) is 95.1 Å². The quantitative estimate of drug-likeness (QED) is 0.688. The number of carboxylic acid groups (broad SMARTS) is 1. The Hall–Kier alpha value is -1.85. The van der Waals surface area contributed by atoms with Crippen molar-refractivity contribution in [1.29, 1.82) is 0 Å². The summed E-state index contributed by atoms with van der Waals surface area (Å²) in [6.07, 6.45) is 2.25. The molecule has 3 N–H and O–H groups in total. The summed E-state index contributed by atoms with van der Waals surface area (Å²) >= 11 is 0. The van der Waals surface area contributed by atoms with Crippen LogP contribution in [0, 0.1) is 12.8 Å². The molecule has 1 unspecified atom stereocenters. The van der Waals surface area contributed by atoms with Gasteiger partial charge in [-0.1, -0.05) is 13.3 Å². The van der Waals surface area contributed by atoms with Crippen LogP contribution in [0.25, 0.3) is 0 Å². The Balaban J connectivity index is 2.47. The number of aromatic amines is 1. The fourth-order valence-electron chi connectivity index (χ4n) is 1.52. The van der Waals surface area contributed by atoms with Crippen LogP contribution in [0.2, 0.25) is 0 Å². The van der Waals surface area contributed by atoms with E-state index in [9.17, 15) is 9.59 Å². The van der Waals surface area contributed by atoms with Crippen molar-refractivity contribution in [2.75, 3.05) is 6.54 Å². The molecule has 1 heterocycles. The lowest BCUT2D eigenvalue weighted by molar-refractivity contribution is -0.138. The Bertz CT molecular complexity index is 400. The summed E-state index contributed by atoms with van der Waals surface area (Å²) in [5, 5.41) is 17.8. The van der Waals surface area contributed by atoms with Crippen molar-refractivity contribution in [3.05, 3.63) is 17.5 Å². The van der Waals surface area contributed by atoms with E-state index in [1.165, 1.54) is 6.20 Å². The van der Waals surface area contributed by atoms with Crippen molar-refractivity contribution in [3.63, 3.8) is 0 Å². The van der Waals surface area contributed by atoms with Gasteiger partial charge in [0.2, 0.25) is 0 Å². The second kappa shape index (κ2) is 6.03. The smallest absolute Gasteiger partial charge is 0.303 e. The van der Waals surface area contributed by atoms with Crippen LogP contribution in [-0.4, -0.2) is 33.7 Å². The Morgan fingerprint density at radius 1 is 1.59 bits per heavy atom. The summed E-state index contributed by atoms with van der Waals surface area (Å²) in [5.41, 5.74) is 1.20. The number of aliphatic carboxylic acids is 1. The number of hydrogen-bond acceptors (Lipinski definition) is 3. The Kier molecular flexibility index (Phi) is 4.68. The average Bonchev–Trinajstić information content (AvgIpc) is 2.69. The highest BCUT2D eigenvalue weighted by molar-refractivity contribution is 5.94. The van der Waals surface area contributed by atoms with E-state index in [1.807, 2.05) is 6.92 Å². The van der Waals surface area contributed by atoms with Crippen LogP contribution in [-0.2, 0) is 4.79 Å². The predicted molar refractivity (Wildman–Crippen MR) is 61.7 cm³/mol. The minimum atomic E-state index is -0.842. The van der Waals surface area contributed by atoms with Gasteiger partial charge in [-0.15, -0.1) is 0 Å². The van der Waals surface area contributed by atoms with Gasteiger partial charge in [0.15, 0.2) is 0 Å². The van der Waals surface area contributed by atoms with Crippen LogP contribution in [0.4, 0.5) is 0 Å². The zero-order chi connectivity index (χ0) is 12.8. The minimum absolute atomic E-state index is 0.0383. The van der Waals surface area contributed by atoms with Gasteiger partial charge >= 0.3 is 5.97 Å². The van der Waals surface area contributed by atoms with Crippen LogP contribution in [0.3, 0.4) is 0 Å². The molecule has 0 saturated heterocycles. The first-order chi connectivity index (χ1) is 8.04. The summed E-state index contributed by atoms with van der Waals surface area (Å²) in [5.74, 6) is -1.10. The molecule has 0 saturated carbocycles. The lowest BCUT2D eigenvalue weighted by Crippen LogP contribution is -2.30. The molecule has 0 bridgehead atoms. The Labute approximate surface area is 99.4 Å². The second-order valence-corrected chi connectivity index (χ2v) is 3.99. The monoisotopic (exact) mass is 239 g/mol. The van der Waals surface area contributed by atoms with Crippen molar-refractivity contribution in [1.82, 2.24) is 15.5 Å². The van der Waals surface area contributed by atoms with Gasteiger partial charge in [0.05, 0.1) is 11.8 Å². The molecule has 0 aliphatic heterocycles. The van der Waals surface area contributed by atoms with Gasteiger partial charge in [-0.25, -0.2) is 0 Å². The third-order valence-corrected chi connectivity index (χ3v) is 2.67. The van der Waals surface area contributed by atoms with Crippen molar-refractivity contribution in [2.45, 2.75) is 26.7 Å². The van der Waals surface area contributed by atoms with E-state index in [0.29, 0.717) is 17.8 Å². The van der Waals surface area contributed by atoms with E-state index in [0.717, 1.165) is 6.42 Å². The average molecular weight is 239 g/mol. The van der Waals surface area contributed by atoms with Gasteiger partial charge in [-0.05, 0) is 12.8 Å². The number of carbonyl (C=O) groups excluding carboxylic acids is 1. The number of H-pyrrole nitrogens is 1. The van der Waals surface area contributed by atoms with Crippen molar-refractivity contribution >= 4 is 11.9 Å². The van der Waals surface area contributed by atoms with E-state index in [4.69, 9.17) is 5.11 Å². The molecule has 1 aromatic rings. The number of nitrogens with zero attached hydrogens (tertiary/aromatic N) is 1. The standard InChI is InChI=1S/C11H17N3O3/c1-3-8(4-10(15)16)5-12-11(17)9-6-13-14-7(9)2/h6,8H,3-5H2,1-2H3,(H,12,17)(H,13,14)(H,15,16). The normalized spacial score (nSPS) is 12.1. The van der Waals surface area contributed by atoms with E-state index < -0.39 is 5.97 Å². The maximum absolute atomic E-state index is 11.7. The molecule has 6 heteroatoms. The molecule has 0 fully saturated rings. The zero-order valence-electron chi connectivity index (χ0n) is 9.99. The fourth-order valence-corrected chi connectivity index (χ4v) is 1.52. The number of aromatic nitrogens is 2. The maximum Gasteiger partial charge on any atom is 0.303 e. The third kappa shape index (κ3) is 3.90. The summed E-state index contributed by atoms with van der Waals surface area (Å²) < 4.78 is 0. The highest BCUT2D eigenvalue weighted by Crippen LogP contribution is 2.08. The number of rotatable bonds is 6. The maximum atomic E-state index is 11.7. The van der Waals surface area contributed by atoms with E-state index in [1.54, 1.807) is 6.92 Å². The number of amides is 1. The van der Waals surface area contributed by atoms with Crippen molar-refractivity contribution in [2.24, 2.45) is 5.92 Å². The molecule has 1 amide bonds. The number of nitrogens with one attached hydrogen (secondary N) is 2. The van der Waals surface area contributed by atoms with Crippen molar-refractivity contribution in [3.8, 4) is 0 Å². The molecular weight excluding hydrogens is 222 g/mol. The highest BCUT2D eigenvalue weighted by Gasteiger charge is 2.15. The lowest BCUT2D eigenvalue weighted by Gasteiger charge is -2.13. The third-order valence-electron chi connectivity index (χ3n) is 2.67. The van der Waals surface area contributed by atoms with Crippen LogP contribution in [0.5, 0.6) is 0 Å². The molecule has 94 valence electrons. The largest absolute Gasteiger partial charge is 0.481 e. The number of aryl methyl sites for hydroxylation is 1. The van der Waals surface area contributed by atoms with Gasteiger partial charge in [0, 0.05) is 18.7 Å². The molecule has 1 rings (SSSR count). The van der Waals surface area contributed by atoms with Crippen LogP contribution in [0.1, 0.15) is 35.8 Å². The number of hydrogen-bond donors (Lipinski definition) is 3. The second-order valence-electron chi connectivity index (χ2n) is 3.99. The molecule has 0 spiro atoms. The first-order valence-corrected chi connectivity index (χ1v) is 5.54.